The fourth-order valence-electron chi connectivity index (χ4n) is 4.43. The van der Waals surface area contributed by atoms with Crippen molar-refractivity contribution in [2.24, 2.45) is 0 Å². The Bertz CT molecular complexity index is 1510. The summed E-state index contributed by atoms with van der Waals surface area (Å²) in [6.07, 6.45) is 5.26. The minimum atomic E-state index is -1.20. The van der Waals surface area contributed by atoms with Crippen molar-refractivity contribution < 1.29 is 9.90 Å². The molecular weight excluding hydrogens is 438 g/mol. The first-order chi connectivity index (χ1) is 17.0. The summed E-state index contributed by atoms with van der Waals surface area (Å²) in [5.74, 6) is -1.20. The summed E-state index contributed by atoms with van der Waals surface area (Å²) >= 11 is 0. The van der Waals surface area contributed by atoms with Crippen LogP contribution in [0.1, 0.15) is 39.2 Å². The summed E-state index contributed by atoms with van der Waals surface area (Å²) in [5, 5.41) is 12.3. The quantitative estimate of drug-likeness (QED) is 0.379. The van der Waals surface area contributed by atoms with Gasteiger partial charge in [0, 0.05) is 17.9 Å². The minimum absolute atomic E-state index is 0.0566. The molecule has 2 heterocycles. The van der Waals surface area contributed by atoms with Crippen LogP contribution < -0.4 is 10.5 Å². The van der Waals surface area contributed by atoms with Crippen LogP contribution in [0.15, 0.2) is 83.3 Å². The molecule has 1 aliphatic heterocycles. The van der Waals surface area contributed by atoms with Crippen molar-refractivity contribution in [3.05, 3.63) is 117 Å². The van der Waals surface area contributed by atoms with Gasteiger partial charge in [0.25, 0.3) is 5.56 Å². The third kappa shape index (κ3) is 4.47. The first-order valence-electron chi connectivity index (χ1n) is 11.5. The van der Waals surface area contributed by atoms with Gasteiger partial charge < -0.3 is 10.0 Å². The average molecular weight is 464 g/mol. The van der Waals surface area contributed by atoms with Crippen LogP contribution in [0.25, 0.3) is 17.8 Å². The van der Waals surface area contributed by atoms with Crippen LogP contribution >= 0.6 is 0 Å². The van der Waals surface area contributed by atoms with E-state index in [0.717, 1.165) is 24.9 Å². The number of aromatic amines is 1. The van der Waals surface area contributed by atoms with E-state index in [9.17, 15) is 14.7 Å². The Labute approximate surface area is 203 Å². The minimum Gasteiger partial charge on any atom is -0.477 e. The van der Waals surface area contributed by atoms with Crippen molar-refractivity contribution in [1.82, 2.24) is 9.78 Å². The number of aromatic carboxylic acids is 1. The Balaban J connectivity index is 1.46. The van der Waals surface area contributed by atoms with Crippen molar-refractivity contribution in [3.63, 3.8) is 0 Å². The second-order valence-electron chi connectivity index (χ2n) is 8.62. The van der Waals surface area contributed by atoms with E-state index in [-0.39, 0.29) is 11.3 Å². The van der Waals surface area contributed by atoms with Crippen LogP contribution in [0.4, 0.5) is 11.4 Å². The van der Waals surface area contributed by atoms with Gasteiger partial charge in [-0.05, 0) is 79.4 Å². The number of rotatable bonds is 5. The van der Waals surface area contributed by atoms with E-state index in [1.54, 1.807) is 30.3 Å². The smallest absolute Gasteiger partial charge is 0.354 e. The van der Waals surface area contributed by atoms with Gasteiger partial charge in [-0.3, -0.25) is 9.89 Å². The molecule has 6 heteroatoms. The van der Waals surface area contributed by atoms with Crippen molar-refractivity contribution in [2.75, 3.05) is 11.4 Å². The molecule has 0 saturated carbocycles. The van der Waals surface area contributed by atoms with Gasteiger partial charge in [0.05, 0.1) is 11.3 Å². The summed E-state index contributed by atoms with van der Waals surface area (Å²) in [4.78, 5) is 27.0. The van der Waals surface area contributed by atoms with Gasteiger partial charge in [-0.1, -0.05) is 42.0 Å². The predicted octanol–water partition coefficient (Wildman–Crippen LogP) is 5.58. The molecule has 2 N–H and O–H groups in total. The van der Waals surface area contributed by atoms with Crippen molar-refractivity contribution >= 4 is 29.5 Å². The van der Waals surface area contributed by atoms with Crippen LogP contribution in [0, 0.1) is 6.92 Å². The van der Waals surface area contributed by atoms with Gasteiger partial charge in [0.1, 0.15) is 0 Å². The maximum atomic E-state index is 12.9. The van der Waals surface area contributed by atoms with E-state index in [2.05, 4.69) is 59.1 Å². The van der Waals surface area contributed by atoms with Gasteiger partial charge in [-0.15, -0.1) is 5.73 Å². The molecule has 1 aromatic heterocycles. The summed E-state index contributed by atoms with van der Waals surface area (Å²) in [7, 11) is 0. The van der Waals surface area contributed by atoms with Crippen molar-refractivity contribution in [2.45, 2.75) is 19.8 Å². The molecular formula is C29H25N3O3. The lowest BCUT2D eigenvalue weighted by Gasteiger charge is -2.31. The maximum absolute atomic E-state index is 12.9. The molecule has 0 radical (unpaired) electrons. The van der Waals surface area contributed by atoms with E-state index in [4.69, 9.17) is 0 Å². The van der Waals surface area contributed by atoms with Crippen molar-refractivity contribution in [3.8, 4) is 5.69 Å². The lowest BCUT2D eigenvalue weighted by molar-refractivity contribution is 0.0689. The molecule has 0 fully saturated rings. The van der Waals surface area contributed by atoms with Gasteiger partial charge in [0.15, 0.2) is 5.69 Å². The topological polar surface area (TPSA) is 78.3 Å². The molecule has 0 aliphatic carbocycles. The molecule has 3 aromatic carbocycles. The standard InChI is InChI=1S/C29H25N3O3/c1-20-12-15-23(16-13-20)31-18-6-8-22-19-21(14-17-26(22)31)7-5-11-25-27(29(34)35)30-32(28(25)33)24-9-3-2-4-10-24/h2-4,7,9-17,19,30H,6,8,18H2,1H3,(H,34,35). The molecule has 5 rings (SSSR count). The van der Waals surface area contributed by atoms with Crippen LogP contribution in [-0.4, -0.2) is 27.4 Å². The molecule has 1 aliphatic rings. The lowest BCUT2D eigenvalue weighted by Crippen LogP contribution is -2.24. The Morgan fingerprint density at radius 3 is 2.51 bits per heavy atom. The van der Waals surface area contributed by atoms with E-state index in [0.29, 0.717) is 5.69 Å². The third-order valence-corrected chi connectivity index (χ3v) is 6.20. The highest BCUT2D eigenvalue weighted by atomic mass is 16.4. The maximum Gasteiger partial charge on any atom is 0.354 e. The highest BCUT2D eigenvalue weighted by Gasteiger charge is 2.19. The van der Waals surface area contributed by atoms with Crippen molar-refractivity contribution in [1.29, 1.82) is 0 Å². The lowest BCUT2D eigenvalue weighted by atomic mass is 9.98. The van der Waals surface area contributed by atoms with E-state index >= 15 is 0 Å². The Morgan fingerprint density at radius 2 is 1.77 bits per heavy atom. The molecule has 0 bridgehead atoms. The number of nitrogens with one attached hydrogen (secondary N) is 1. The molecule has 0 amide bonds. The number of hydrogen-bond acceptors (Lipinski definition) is 3. The zero-order chi connectivity index (χ0) is 24.4. The molecule has 6 nitrogen and oxygen atoms in total. The summed E-state index contributed by atoms with van der Waals surface area (Å²) < 4.78 is 1.23. The third-order valence-electron chi connectivity index (χ3n) is 6.20. The summed E-state index contributed by atoms with van der Waals surface area (Å²) in [6, 6.07) is 23.7. The zero-order valence-electron chi connectivity index (χ0n) is 19.4. The number of benzene rings is 3. The fourth-order valence-corrected chi connectivity index (χ4v) is 4.43. The van der Waals surface area contributed by atoms with E-state index < -0.39 is 11.5 Å². The summed E-state index contributed by atoms with van der Waals surface area (Å²) in [5.41, 5.74) is 8.86. The highest BCUT2D eigenvalue weighted by Crippen LogP contribution is 2.34. The second-order valence-corrected chi connectivity index (χ2v) is 8.62. The second kappa shape index (κ2) is 9.37. The number of aryl methyl sites for hydroxylation is 2. The first-order valence-corrected chi connectivity index (χ1v) is 11.5. The number of carboxylic acids is 1. The Morgan fingerprint density at radius 1 is 1.00 bits per heavy atom. The molecule has 174 valence electrons. The number of H-pyrrole nitrogens is 1. The number of nitrogens with zero attached hydrogens (tertiary/aromatic N) is 2. The zero-order valence-corrected chi connectivity index (χ0v) is 19.4. The Hall–Kier alpha value is -4.54. The first kappa shape index (κ1) is 22.3. The molecule has 0 spiro atoms. The highest BCUT2D eigenvalue weighted by molar-refractivity contribution is 5.90. The number of anilines is 2. The van der Waals surface area contributed by atoms with E-state index in [1.807, 2.05) is 12.1 Å². The largest absolute Gasteiger partial charge is 0.477 e. The number of hydrogen-bond donors (Lipinski definition) is 2. The average Bonchev–Trinajstić information content (AvgIpc) is 3.21. The number of aromatic nitrogens is 2. The number of para-hydroxylation sites is 1. The predicted molar refractivity (Wildman–Crippen MR) is 139 cm³/mol. The van der Waals surface area contributed by atoms with Gasteiger partial charge in [-0.25, -0.2) is 9.48 Å². The summed E-state index contributed by atoms with van der Waals surface area (Å²) in [6.45, 7) is 3.06. The molecule has 0 unspecified atom stereocenters. The SMILES string of the molecule is Cc1ccc(N2CCCc3cc(C=C=Cc4c(C(=O)O)[nH]n(-c5ccccc5)c4=O)ccc32)cc1. The monoisotopic (exact) mass is 463 g/mol. The van der Waals surface area contributed by atoms with Gasteiger partial charge >= 0.3 is 5.97 Å². The molecule has 0 atom stereocenters. The van der Waals surface area contributed by atoms with Crippen LogP contribution in [0.2, 0.25) is 0 Å². The molecule has 0 saturated heterocycles. The molecule has 4 aromatic rings. The van der Waals surface area contributed by atoms with Crippen LogP contribution in [0.5, 0.6) is 0 Å². The molecule has 35 heavy (non-hydrogen) atoms. The van der Waals surface area contributed by atoms with Crippen LogP contribution in [0.3, 0.4) is 0 Å². The number of fused-ring (bicyclic) bond motifs is 1. The van der Waals surface area contributed by atoms with Crippen LogP contribution in [-0.2, 0) is 6.42 Å². The number of carboxylic acid groups (broad SMARTS) is 1. The van der Waals surface area contributed by atoms with E-state index in [1.165, 1.54) is 33.3 Å². The van der Waals surface area contributed by atoms with Gasteiger partial charge in [0.2, 0.25) is 0 Å². The van der Waals surface area contributed by atoms with Gasteiger partial charge in [-0.2, -0.15) is 0 Å². The Kier molecular flexibility index (Phi) is 5.96. The number of carbonyl (C=O) groups is 1. The fraction of sp³-hybridized carbons (Fsp3) is 0.138. The normalized spacial score (nSPS) is 12.5.